The summed E-state index contributed by atoms with van der Waals surface area (Å²) in [6.45, 7) is 5.19. The first-order valence-corrected chi connectivity index (χ1v) is 11.5. The molecule has 0 unspecified atom stereocenters. The van der Waals surface area contributed by atoms with Gasteiger partial charge in [-0.2, -0.15) is 0 Å². The van der Waals surface area contributed by atoms with Crippen molar-refractivity contribution in [1.82, 2.24) is 4.57 Å². The minimum absolute atomic E-state index is 0.160. The van der Waals surface area contributed by atoms with E-state index in [0.717, 1.165) is 19.6 Å². The molecular formula is C29H27N3. The standard InChI is InChI=1S/C29H27N3/c1-2-30-27-16-10-9-15-25(27)26-18-17-22(21-28(26)30)29-31(23-11-5-3-6-12-23)19-20-32(29)24-13-7-4-8-14-24/h3-18,21,29H,2,19-20H2,1H3. The first-order chi connectivity index (χ1) is 15.8. The van der Waals surface area contributed by atoms with E-state index < -0.39 is 0 Å². The normalized spacial score (nSPS) is 14.7. The third kappa shape index (κ3) is 2.96. The van der Waals surface area contributed by atoms with Gasteiger partial charge in [0.1, 0.15) is 6.17 Å². The van der Waals surface area contributed by atoms with E-state index in [2.05, 4.69) is 124 Å². The van der Waals surface area contributed by atoms with Gasteiger partial charge in [-0.1, -0.05) is 66.7 Å². The zero-order chi connectivity index (χ0) is 21.5. The van der Waals surface area contributed by atoms with Crippen molar-refractivity contribution < 1.29 is 0 Å². The van der Waals surface area contributed by atoms with Gasteiger partial charge < -0.3 is 14.4 Å². The summed E-state index contributed by atoms with van der Waals surface area (Å²) in [5.41, 5.74) is 6.51. The molecule has 1 fully saturated rings. The molecule has 0 saturated carbocycles. The van der Waals surface area contributed by atoms with Crippen LogP contribution >= 0.6 is 0 Å². The average Bonchev–Trinajstić information content (AvgIpc) is 3.44. The monoisotopic (exact) mass is 417 g/mol. The first kappa shape index (κ1) is 19.0. The summed E-state index contributed by atoms with van der Waals surface area (Å²) >= 11 is 0. The zero-order valence-corrected chi connectivity index (χ0v) is 18.4. The van der Waals surface area contributed by atoms with Gasteiger partial charge in [0.2, 0.25) is 0 Å². The number of rotatable bonds is 4. The van der Waals surface area contributed by atoms with E-state index in [4.69, 9.17) is 0 Å². The van der Waals surface area contributed by atoms with Gasteiger partial charge in [-0.25, -0.2) is 0 Å². The minimum Gasteiger partial charge on any atom is -0.346 e. The van der Waals surface area contributed by atoms with Crippen molar-refractivity contribution in [3.05, 3.63) is 109 Å². The fourth-order valence-corrected chi connectivity index (χ4v) is 5.34. The third-order valence-electron chi connectivity index (χ3n) is 6.76. The fraction of sp³-hybridized carbons (Fsp3) is 0.172. The van der Waals surface area contributed by atoms with E-state index in [0.29, 0.717) is 0 Å². The van der Waals surface area contributed by atoms with E-state index in [-0.39, 0.29) is 6.17 Å². The Morgan fingerprint density at radius 2 is 1.19 bits per heavy atom. The van der Waals surface area contributed by atoms with Crippen LogP contribution in [-0.2, 0) is 6.54 Å². The Hall–Kier alpha value is -3.72. The van der Waals surface area contributed by atoms with Crippen molar-refractivity contribution in [2.75, 3.05) is 22.9 Å². The molecule has 0 amide bonds. The smallest absolute Gasteiger partial charge is 0.128 e. The number of para-hydroxylation sites is 3. The van der Waals surface area contributed by atoms with E-state index in [9.17, 15) is 0 Å². The van der Waals surface area contributed by atoms with Crippen LogP contribution in [-0.4, -0.2) is 17.7 Å². The maximum atomic E-state index is 2.53. The maximum absolute atomic E-state index is 2.53. The van der Waals surface area contributed by atoms with Crippen molar-refractivity contribution >= 4 is 33.2 Å². The van der Waals surface area contributed by atoms with Crippen molar-refractivity contribution in [3.63, 3.8) is 0 Å². The lowest BCUT2D eigenvalue weighted by Crippen LogP contribution is -2.30. The molecule has 32 heavy (non-hydrogen) atoms. The Morgan fingerprint density at radius 3 is 1.81 bits per heavy atom. The van der Waals surface area contributed by atoms with Gasteiger partial charge in [0, 0.05) is 52.8 Å². The molecule has 1 aliphatic rings. The minimum atomic E-state index is 0.160. The van der Waals surface area contributed by atoms with E-state index in [1.165, 1.54) is 38.7 Å². The van der Waals surface area contributed by atoms with Crippen molar-refractivity contribution in [3.8, 4) is 0 Å². The molecular weight excluding hydrogens is 390 g/mol. The second-order valence-electron chi connectivity index (χ2n) is 8.47. The Labute approximate surface area is 189 Å². The maximum Gasteiger partial charge on any atom is 0.128 e. The molecule has 158 valence electrons. The van der Waals surface area contributed by atoms with E-state index in [1.54, 1.807) is 0 Å². The van der Waals surface area contributed by atoms with Crippen molar-refractivity contribution in [1.29, 1.82) is 0 Å². The molecule has 1 aromatic heterocycles. The van der Waals surface area contributed by atoms with Crippen LogP contribution in [0.25, 0.3) is 21.8 Å². The third-order valence-corrected chi connectivity index (χ3v) is 6.76. The van der Waals surface area contributed by atoms with Crippen molar-refractivity contribution in [2.45, 2.75) is 19.6 Å². The highest BCUT2D eigenvalue weighted by atomic mass is 15.4. The molecule has 4 aromatic carbocycles. The van der Waals surface area contributed by atoms with Crippen LogP contribution in [0.2, 0.25) is 0 Å². The number of fused-ring (bicyclic) bond motifs is 3. The van der Waals surface area contributed by atoms with E-state index >= 15 is 0 Å². The Bertz CT molecular complexity index is 1320. The quantitative estimate of drug-likeness (QED) is 0.317. The second kappa shape index (κ2) is 7.76. The molecule has 3 heteroatoms. The highest BCUT2D eigenvalue weighted by molar-refractivity contribution is 6.08. The van der Waals surface area contributed by atoms with Crippen LogP contribution in [0.5, 0.6) is 0 Å². The molecule has 0 aliphatic carbocycles. The largest absolute Gasteiger partial charge is 0.346 e. The van der Waals surface area contributed by atoms with Gasteiger partial charge in [0.05, 0.1) is 0 Å². The fourth-order valence-electron chi connectivity index (χ4n) is 5.34. The van der Waals surface area contributed by atoms with Crippen LogP contribution < -0.4 is 9.80 Å². The Kier molecular flexibility index (Phi) is 4.61. The summed E-state index contributed by atoms with van der Waals surface area (Å²) in [5.74, 6) is 0. The lowest BCUT2D eigenvalue weighted by atomic mass is 10.1. The number of aromatic nitrogens is 1. The zero-order valence-electron chi connectivity index (χ0n) is 18.4. The molecule has 1 aliphatic heterocycles. The molecule has 0 spiro atoms. The molecule has 3 nitrogen and oxygen atoms in total. The highest BCUT2D eigenvalue weighted by Gasteiger charge is 2.34. The number of hydrogen-bond donors (Lipinski definition) is 0. The molecule has 0 radical (unpaired) electrons. The van der Waals surface area contributed by atoms with Gasteiger partial charge >= 0.3 is 0 Å². The van der Waals surface area contributed by atoms with Crippen LogP contribution in [0.15, 0.2) is 103 Å². The van der Waals surface area contributed by atoms with Crippen LogP contribution in [0.4, 0.5) is 11.4 Å². The van der Waals surface area contributed by atoms with E-state index in [1.807, 2.05) is 0 Å². The Balaban J connectivity index is 1.54. The summed E-state index contributed by atoms with van der Waals surface area (Å²) in [4.78, 5) is 5.07. The molecule has 0 bridgehead atoms. The molecule has 0 atom stereocenters. The lowest BCUT2D eigenvalue weighted by Gasteiger charge is -2.33. The van der Waals surface area contributed by atoms with Gasteiger partial charge in [-0.05, 0) is 48.9 Å². The molecule has 6 rings (SSSR count). The summed E-state index contributed by atoms with van der Waals surface area (Å²) in [6.07, 6.45) is 0.160. The first-order valence-electron chi connectivity index (χ1n) is 11.5. The predicted molar refractivity (Wildman–Crippen MR) is 135 cm³/mol. The SMILES string of the molecule is CCn1c2ccccc2c2ccc(C3N(c4ccccc4)CCN3c3ccccc3)cc21. The second-order valence-corrected chi connectivity index (χ2v) is 8.47. The van der Waals surface area contributed by atoms with Gasteiger partial charge in [0.25, 0.3) is 0 Å². The number of anilines is 2. The molecule has 5 aromatic rings. The summed E-state index contributed by atoms with van der Waals surface area (Å²) in [5, 5.41) is 2.67. The number of nitrogens with zero attached hydrogens (tertiary/aromatic N) is 3. The van der Waals surface area contributed by atoms with Crippen LogP contribution in [0.1, 0.15) is 18.7 Å². The summed E-state index contributed by atoms with van der Waals surface area (Å²) in [6, 6.07) is 37.5. The predicted octanol–water partition coefficient (Wildman–Crippen LogP) is 6.84. The van der Waals surface area contributed by atoms with Gasteiger partial charge in [0.15, 0.2) is 0 Å². The van der Waals surface area contributed by atoms with Crippen molar-refractivity contribution in [2.24, 2.45) is 0 Å². The van der Waals surface area contributed by atoms with Gasteiger partial charge in [-0.3, -0.25) is 0 Å². The molecule has 0 N–H and O–H groups in total. The Morgan fingerprint density at radius 1 is 0.625 bits per heavy atom. The summed E-state index contributed by atoms with van der Waals surface area (Å²) in [7, 11) is 0. The topological polar surface area (TPSA) is 11.4 Å². The molecule has 2 heterocycles. The van der Waals surface area contributed by atoms with Crippen LogP contribution in [0, 0.1) is 0 Å². The summed E-state index contributed by atoms with van der Waals surface area (Å²) < 4.78 is 2.45. The van der Waals surface area contributed by atoms with Gasteiger partial charge in [-0.15, -0.1) is 0 Å². The number of hydrogen-bond acceptors (Lipinski definition) is 2. The highest BCUT2D eigenvalue weighted by Crippen LogP contribution is 2.39. The lowest BCUT2D eigenvalue weighted by molar-refractivity contribution is 0.717. The number of aryl methyl sites for hydroxylation is 1. The van der Waals surface area contributed by atoms with Crippen LogP contribution in [0.3, 0.4) is 0 Å². The molecule has 1 saturated heterocycles. The number of benzene rings is 4. The average molecular weight is 418 g/mol.